The molecule has 156 valence electrons. The van der Waals surface area contributed by atoms with E-state index in [4.69, 9.17) is 14.5 Å². The molecule has 30 heavy (non-hydrogen) atoms. The molecule has 1 aromatic carbocycles. The molecule has 8 heteroatoms. The summed E-state index contributed by atoms with van der Waals surface area (Å²) in [5, 5.41) is 19.0. The van der Waals surface area contributed by atoms with Crippen LogP contribution in [0.4, 0.5) is 5.95 Å². The summed E-state index contributed by atoms with van der Waals surface area (Å²) in [5.74, 6) is 2.12. The van der Waals surface area contributed by atoms with Crippen LogP contribution in [-0.2, 0) is 0 Å². The number of nitrogens with zero attached hydrogens (tertiary/aromatic N) is 5. The third-order valence-corrected chi connectivity index (χ3v) is 5.49. The van der Waals surface area contributed by atoms with Crippen LogP contribution < -0.4 is 14.4 Å². The Morgan fingerprint density at radius 2 is 1.93 bits per heavy atom. The summed E-state index contributed by atoms with van der Waals surface area (Å²) < 4.78 is 10.8. The maximum atomic E-state index is 10.6. The highest BCUT2D eigenvalue weighted by atomic mass is 16.5. The van der Waals surface area contributed by atoms with Gasteiger partial charge in [-0.05, 0) is 43.0 Å². The zero-order valence-electron chi connectivity index (χ0n) is 17.1. The van der Waals surface area contributed by atoms with E-state index in [1.165, 1.54) is 0 Å². The standard InChI is InChI=1S/C22H25N5O3/c1-29-16-6-7-17(20(13-16)30-2)19-14-24-26-22(25-19)27-11-8-15(9-12-27)21(28)18-5-3-4-10-23-18/h3-7,10,13-15,21,28H,8-9,11-12H2,1-2H3. The lowest BCUT2D eigenvalue weighted by atomic mass is 9.89. The molecule has 3 heterocycles. The van der Waals surface area contributed by atoms with Crippen molar-refractivity contribution in [2.75, 3.05) is 32.2 Å². The molecule has 8 nitrogen and oxygen atoms in total. The zero-order chi connectivity index (χ0) is 20.9. The fraction of sp³-hybridized carbons (Fsp3) is 0.364. The first-order chi connectivity index (χ1) is 14.7. The van der Waals surface area contributed by atoms with Crippen molar-refractivity contribution in [2.45, 2.75) is 18.9 Å². The second-order valence-corrected chi connectivity index (χ2v) is 7.23. The smallest absolute Gasteiger partial charge is 0.245 e. The number of pyridine rings is 1. The van der Waals surface area contributed by atoms with Gasteiger partial charge in [0.2, 0.25) is 5.95 Å². The van der Waals surface area contributed by atoms with Crippen LogP contribution in [0.5, 0.6) is 11.5 Å². The third-order valence-electron chi connectivity index (χ3n) is 5.49. The van der Waals surface area contributed by atoms with Crippen molar-refractivity contribution in [1.29, 1.82) is 0 Å². The predicted octanol–water partition coefficient (Wildman–Crippen LogP) is 2.90. The van der Waals surface area contributed by atoms with Crippen molar-refractivity contribution >= 4 is 5.95 Å². The van der Waals surface area contributed by atoms with Gasteiger partial charge in [0, 0.05) is 30.9 Å². The second-order valence-electron chi connectivity index (χ2n) is 7.23. The lowest BCUT2D eigenvalue weighted by Crippen LogP contribution is -2.37. The molecule has 4 rings (SSSR count). The Morgan fingerprint density at radius 1 is 1.10 bits per heavy atom. The molecule has 0 spiro atoms. The number of hydrogen-bond donors (Lipinski definition) is 1. The van der Waals surface area contributed by atoms with E-state index in [9.17, 15) is 5.11 Å². The average Bonchev–Trinajstić information content (AvgIpc) is 2.84. The van der Waals surface area contributed by atoms with Gasteiger partial charge < -0.3 is 19.5 Å². The molecular formula is C22H25N5O3. The Hall–Kier alpha value is -3.26. The average molecular weight is 407 g/mol. The van der Waals surface area contributed by atoms with Crippen LogP contribution in [0.1, 0.15) is 24.6 Å². The van der Waals surface area contributed by atoms with Crippen LogP contribution in [0, 0.1) is 5.92 Å². The summed E-state index contributed by atoms with van der Waals surface area (Å²) in [6.07, 6.45) is 4.45. The van der Waals surface area contributed by atoms with Crippen LogP contribution in [-0.4, -0.2) is 52.6 Å². The number of aromatic nitrogens is 4. The predicted molar refractivity (Wildman–Crippen MR) is 113 cm³/mol. The molecule has 0 bridgehead atoms. The molecule has 1 N–H and O–H groups in total. The third kappa shape index (κ3) is 4.18. The molecule has 3 aromatic rings. The summed E-state index contributed by atoms with van der Waals surface area (Å²) in [6, 6.07) is 11.2. The Balaban J connectivity index is 1.48. The molecule has 0 amide bonds. The van der Waals surface area contributed by atoms with Crippen molar-refractivity contribution in [3.05, 3.63) is 54.5 Å². The minimum atomic E-state index is -0.553. The van der Waals surface area contributed by atoms with Crippen molar-refractivity contribution in [3.8, 4) is 22.8 Å². The van der Waals surface area contributed by atoms with E-state index >= 15 is 0 Å². The Kier molecular flexibility index (Phi) is 6.04. The minimum Gasteiger partial charge on any atom is -0.497 e. The summed E-state index contributed by atoms with van der Waals surface area (Å²) >= 11 is 0. The summed E-state index contributed by atoms with van der Waals surface area (Å²) in [7, 11) is 3.23. The molecule has 1 atom stereocenters. The van der Waals surface area contributed by atoms with Crippen LogP contribution in [0.15, 0.2) is 48.8 Å². The Bertz CT molecular complexity index is 978. The van der Waals surface area contributed by atoms with Gasteiger partial charge in [0.25, 0.3) is 0 Å². The number of ether oxygens (including phenoxy) is 2. The molecule has 1 aliphatic heterocycles. The van der Waals surface area contributed by atoms with E-state index in [2.05, 4.69) is 20.1 Å². The number of hydrogen-bond acceptors (Lipinski definition) is 8. The van der Waals surface area contributed by atoms with Gasteiger partial charge >= 0.3 is 0 Å². The maximum absolute atomic E-state index is 10.6. The zero-order valence-corrected chi connectivity index (χ0v) is 17.1. The number of benzene rings is 1. The molecule has 1 unspecified atom stereocenters. The first-order valence-corrected chi connectivity index (χ1v) is 9.95. The van der Waals surface area contributed by atoms with Crippen LogP contribution in [0.3, 0.4) is 0 Å². The van der Waals surface area contributed by atoms with E-state index < -0.39 is 6.10 Å². The SMILES string of the molecule is COc1ccc(-c2cnnc(N3CCC(C(O)c4ccccn4)CC3)n2)c(OC)c1. The van der Waals surface area contributed by atoms with E-state index in [0.717, 1.165) is 37.2 Å². The monoisotopic (exact) mass is 407 g/mol. The van der Waals surface area contributed by atoms with E-state index in [0.29, 0.717) is 23.1 Å². The normalized spacial score (nSPS) is 15.6. The first kappa shape index (κ1) is 20.0. The molecule has 1 saturated heterocycles. The molecule has 0 saturated carbocycles. The molecule has 0 aliphatic carbocycles. The van der Waals surface area contributed by atoms with Crippen molar-refractivity contribution in [2.24, 2.45) is 5.92 Å². The molecular weight excluding hydrogens is 382 g/mol. The van der Waals surface area contributed by atoms with Crippen LogP contribution >= 0.6 is 0 Å². The number of aliphatic hydroxyl groups excluding tert-OH is 1. The molecule has 1 aliphatic rings. The van der Waals surface area contributed by atoms with Gasteiger partial charge in [-0.25, -0.2) is 4.98 Å². The topological polar surface area (TPSA) is 93.5 Å². The highest BCUT2D eigenvalue weighted by molar-refractivity contribution is 5.68. The van der Waals surface area contributed by atoms with Crippen molar-refractivity contribution in [3.63, 3.8) is 0 Å². The van der Waals surface area contributed by atoms with E-state index in [1.807, 2.05) is 36.4 Å². The fourth-order valence-corrected chi connectivity index (χ4v) is 3.78. The summed E-state index contributed by atoms with van der Waals surface area (Å²) in [5.41, 5.74) is 2.24. The summed E-state index contributed by atoms with van der Waals surface area (Å²) in [6.45, 7) is 1.50. The second kappa shape index (κ2) is 9.04. The number of anilines is 1. The van der Waals surface area contributed by atoms with Crippen molar-refractivity contribution in [1.82, 2.24) is 20.2 Å². The number of methoxy groups -OCH3 is 2. The van der Waals surface area contributed by atoms with Gasteiger partial charge in [0.15, 0.2) is 0 Å². The van der Waals surface area contributed by atoms with Crippen molar-refractivity contribution < 1.29 is 14.6 Å². The minimum absolute atomic E-state index is 0.161. The lowest BCUT2D eigenvalue weighted by Gasteiger charge is -2.33. The van der Waals surface area contributed by atoms with Gasteiger partial charge in [0.1, 0.15) is 11.5 Å². The first-order valence-electron chi connectivity index (χ1n) is 9.95. The van der Waals surface area contributed by atoms with E-state index in [1.54, 1.807) is 26.6 Å². The van der Waals surface area contributed by atoms with Crippen LogP contribution in [0.25, 0.3) is 11.3 Å². The highest BCUT2D eigenvalue weighted by Crippen LogP contribution is 2.34. The van der Waals surface area contributed by atoms with E-state index in [-0.39, 0.29) is 5.92 Å². The maximum Gasteiger partial charge on any atom is 0.245 e. The number of piperidine rings is 1. The molecule has 1 fully saturated rings. The van der Waals surface area contributed by atoms with Gasteiger partial charge in [-0.1, -0.05) is 6.07 Å². The van der Waals surface area contributed by atoms with Gasteiger partial charge in [-0.15, -0.1) is 5.10 Å². The van der Waals surface area contributed by atoms with Crippen LogP contribution in [0.2, 0.25) is 0 Å². The van der Waals surface area contributed by atoms with Gasteiger partial charge in [0.05, 0.1) is 37.9 Å². The quantitative estimate of drug-likeness (QED) is 0.667. The van der Waals surface area contributed by atoms with Gasteiger partial charge in [-0.3, -0.25) is 4.98 Å². The fourth-order valence-electron chi connectivity index (χ4n) is 3.78. The Labute approximate surface area is 175 Å². The highest BCUT2D eigenvalue weighted by Gasteiger charge is 2.28. The number of rotatable bonds is 6. The largest absolute Gasteiger partial charge is 0.497 e. The number of aliphatic hydroxyl groups is 1. The van der Waals surface area contributed by atoms with Gasteiger partial charge in [-0.2, -0.15) is 5.10 Å². The molecule has 2 aromatic heterocycles. The summed E-state index contributed by atoms with van der Waals surface area (Å²) in [4.78, 5) is 11.1. The Morgan fingerprint density at radius 3 is 2.63 bits per heavy atom. The lowest BCUT2D eigenvalue weighted by molar-refractivity contribution is 0.0889. The molecule has 0 radical (unpaired) electrons.